The van der Waals surface area contributed by atoms with Gasteiger partial charge < -0.3 is 20.4 Å². The van der Waals surface area contributed by atoms with E-state index in [1.807, 2.05) is 19.1 Å². The molecular formula is C38H48N4O2. The van der Waals surface area contributed by atoms with E-state index in [0.29, 0.717) is 12.0 Å². The summed E-state index contributed by atoms with van der Waals surface area (Å²) < 4.78 is 0.907. The molecular weight excluding hydrogens is 544 g/mol. The van der Waals surface area contributed by atoms with Crippen LogP contribution in [0.2, 0.25) is 0 Å². The number of aromatic nitrogens is 2. The van der Waals surface area contributed by atoms with Gasteiger partial charge in [-0.15, -0.1) is 0 Å². The van der Waals surface area contributed by atoms with Gasteiger partial charge in [0.1, 0.15) is 0 Å². The summed E-state index contributed by atoms with van der Waals surface area (Å²) in [5.74, 6) is 1.17. The largest absolute Gasteiger partial charge is 0.619 e. The zero-order valence-corrected chi connectivity index (χ0v) is 27.3. The number of benzene rings is 2. The van der Waals surface area contributed by atoms with E-state index in [2.05, 4.69) is 86.2 Å². The lowest BCUT2D eigenvalue weighted by Crippen LogP contribution is -2.55. The zero-order chi connectivity index (χ0) is 31.2. The quantitative estimate of drug-likeness (QED) is 0.125. The number of aryl methyl sites for hydroxylation is 3. The Bertz CT molecular complexity index is 1660. The number of aromatic amines is 1. The molecule has 1 atom stereocenters. The highest BCUT2D eigenvalue weighted by Crippen LogP contribution is 2.41. The molecule has 0 unspecified atom stereocenters. The maximum atomic E-state index is 14.1. The van der Waals surface area contributed by atoms with E-state index in [4.69, 9.17) is 0 Å². The molecule has 1 saturated carbocycles. The number of H-pyrrole nitrogens is 1. The number of carbonyl (C=O) groups is 1. The second-order valence-electron chi connectivity index (χ2n) is 14.2. The molecule has 2 aliphatic heterocycles. The van der Waals surface area contributed by atoms with Crippen molar-refractivity contribution in [3.63, 3.8) is 0 Å². The Labute approximate surface area is 262 Å². The number of rotatable bonds is 9. The predicted molar refractivity (Wildman–Crippen MR) is 179 cm³/mol. The molecule has 7 rings (SSSR count). The summed E-state index contributed by atoms with van der Waals surface area (Å²) in [7, 11) is 0. The first kappa shape index (κ1) is 30.4. The van der Waals surface area contributed by atoms with Crippen LogP contribution in [0, 0.1) is 31.9 Å². The van der Waals surface area contributed by atoms with Crippen LogP contribution in [0.4, 0.5) is 0 Å². The molecule has 4 aromatic rings. The minimum Gasteiger partial charge on any atom is -0.619 e. The lowest BCUT2D eigenvalue weighted by atomic mass is 9.76. The van der Waals surface area contributed by atoms with Crippen LogP contribution < -0.4 is 10.0 Å². The zero-order valence-electron chi connectivity index (χ0n) is 27.3. The maximum absolute atomic E-state index is 14.1. The Balaban J connectivity index is 1.31. The maximum Gasteiger partial charge on any atom is 0.232 e. The van der Waals surface area contributed by atoms with E-state index >= 15 is 0 Å². The molecule has 2 aromatic heterocycles. The van der Waals surface area contributed by atoms with Gasteiger partial charge in [0.05, 0.1) is 11.1 Å². The standard InChI is InChI=1S/C38H48N4O2/c1-24-17-25(2)19-30(18-24)36-35(26(3)22-39-15-13-28-14-16-42(44)27(4)20-28)33-21-31(9-12-34(33)40-36)38(5,6)37(43)41-23-29-7-10-32(41)11-8-29/h9,12,14,16-21,26,29,32,39-40H,7-8,10-11,13,15,22-23H2,1-6H3/t26-,29?,32?/m1/s1. The fourth-order valence-corrected chi connectivity index (χ4v) is 7.73. The van der Waals surface area contributed by atoms with Crippen molar-refractivity contribution in [3.8, 4) is 11.3 Å². The monoisotopic (exact) mass is 592 g/mol. The molecule has 6 heteroatoms. The number of hydrogen-bond acceptors (Lipinski definition) is 3. The van der Waals surface area contributed by atoms with Crippen LogP contribution in [0.15, 0.2) is 54.7 Å². The van der Waals surface area contributed by atoms with Crippen molar-refractivity contribution in [1.82, 2.24) is 15.2 Å². The summed E-state index contributed by atoms with van der Waals surface area (Å²) in [6.45, 7) is 15.2. The number of piperidine rings is 2. The van der Waals surface area contributed by atoms with Gasteiger partial charge >= 0.3 is 0 Å². The Kier molecular flexibility index (Phi) is 8.31. The first-order valence-corrected chi connectivity index (χ1v) is 16.5. The van der Waals surface area contributed by atoms with E-state index in [1.54, 1.807) is 6.20 Å². The molecule has 2 bridgehead atoms. The fourth-order valence-electron chi connectivity index (χ4n) is 7.73. The predicted octanol–water partition coefficient (Wildman–Crippen LogP) is 7.01. The smallest absolute Gasteiger partial charge is 0.232 e. The molecule has 44 heavy (non-hydrogen) atoms. The SMILES string of the molecule is Cc1cc(C)cc(-c2[nH]c3ccc(C(C)(C)C(=O)N4CC5CCC4CC5)cc3c2[C@H](C)CNCCc2cc[n+]([O-])c(C)c2)c1. The first-order chi connectivity index (χ1) is 21.0. The van der Waals surface area contributed by atoms with Crippen LogP contribution >= 0.6 is 0 Å². The minimum absolute atomic E-state index is 0.229. The fraction of sp³-hybridized carbons (Fsp3) is 0.474. The lowest BCUT2D eigenvalue weighted by Gasteiger charge is -2.47. The number of hydrogen-bond donors (Lipinski definition) is 2. The van der Waals surface area contributed by atoms with Crippen LogP contribution in [0.3, 0.4) is 0 Å². The second kappa shape index (κ2) is 12.0. The van der Waals surface area contributed by atoms with E-state index in [9.17, 15) is 10.0 Å². The third kappa shape index (κ3) is 5.89. The highest BCUT2D eigenvalue weighted by molar-refractivity contribution is 5.94. The van der Waals surface area contributed by atoms with Crippen LogP contribution in [0.25, 0.3) is 22.2 Å². The van der Waals surface area contributed by atoms with Gasteiger partial charge in [-0.2, -0.15) is 4.73 Å². The van der Waals surface area contributed by atoms with Crippen LogP contribution in [0.5, 0.6) is 0 Å². The Morgan fingerprint density at radius 3 is 2.43 bits per heavy atom. The summed E-state index contributed by atoms with van der Waals surface area (Å²) >= 11 is 0. The molecule has 4 heterocycles. The topological polar surface area (TPSA) is 75.1 Å². The first-order valence-electron chi connectivity index (χ1n) is 16.5. The van der Waals surface area contributed by atoms with Crippen molar-refractivity contribution in [2.24, 2.45) is 5.92 Å². The van der Waals surface area contributed by atoms with E-state index in [-0.39, 0.29) is 11.8 Å². The normalized spacial score (nSPS) is 19.1. The second-order valence-corrected chi connectivity index (χ2v) is 14.2. The number of fused-ring (bicyclic) bond motifs is 4. The van der Waals surface area contributed by atoms with Crippen LogP contribution in [0.1, 0.15) is 85.9 Å². The molecule has 1 amide bonds. The third-order valence-corrected chi connectivity index (χ3v) is 10.3. The highest BCUT2D eigenvalue weighted by atomic mass is 16.5. The molecule has 2 aromatic carbocycles. The average molecular weight is 593 g/mol. The van der Waals surface area contributed by atoms with Crippen molar-refractivity contribution in [1.29, 1.82) is 0 Å². The molecule has 6 nitrogen and oxygen atoms in total. The number of pyridine rings is 1. The van der Waals surface area contributed by atoms with Gasteiger partial charge in [0.25, 0.3) is 0 Å². The average Bonchev–Trinajstić information content (AvgIpc) is 3.40. The van der Waals surface area contributed by atoms with Crippen molar-refractivity contribution >= 4 is 16.8 Å². The Morgan fingerprint density at radius 1 is 1.05 bits per heavy atom. The molecule has 3 fully saturated rings. The third-order valence-electron chi connectivity index (χ3n) is 10.3. The van der Waals surface area contributed by atoms with Crippen molar-refractivity contribution in [3.05, 3.63) is 93.4 Å². The number of nitrogens with one attached hydrogen (secondary N) is 2. The van der Waals surface area contributed by atoms with E-state index in [0.717, 1.165) is 71.7 Å². The minimum atomic E-state index is -0.599. The van der Waals surface area contributed by atoms with Gasteiger partial charge in [-0.05, 0) is 125 Å². The molecule has 1 aliphatic carbocycles. The van der Waals surface area contributed by atoms with Crippen molar-refractivity contribution in [2.45, 2.75) is 91.0 Å². The molecule has 3 aliphatic rings. The van der Waals surface area contributed by atoms with Crippen molar-refractivity contribution < 1.29 is 9.52 Å². The Hall–Kier alpha value is -3.64. The Morgan fingerprint density at radius 2 is 1.77 bits per heavy atom. The summed E-state index contributed by atoms with van der Waals surface area (Å²) in [5.41, 5.74) is 9.62. The van der Waals surface area contributed by atoms with Gasteiger partial charge in [-0.3, -0.25) is 4.79 Å². The summed E-state index contributed by atoms with van der Waals surface area (Å²) in [6.07, 6.45) is 7.30. The van der Waals surface area contributed by atoms with Gasteiger partial charge in [-0.25, -0.2) is 0 Å². The highest BCUT2D eigenvalue weighted by Gasteiger charge is 2.42. The molecule has 0 radical (unpaired) electrons. The van der Waals surface area contributed by atoms with Gasteiger partial charge in [0.15, 0.2) is 11.9 Å². The molecule has 2 N–H and O–H groups in total. The molecule has 232 valence electrons. The lowest BCUT2D eigenvalue weighted by molar-refractivity contribution is -0.612. The number of nitrogens with zero attached hydrogens (tertiary/aromatic N) is 2. The molecule has 2 saturated heterocycles. The van der Waals surface area contributed by atoms with Gasteiger partial charge in [0, 0.05) is 49.1 Å². The van der Waals surface area contributed by atoms with Gasteiger partial charge in [-0.1, -0.05) is 30.2 Å². The van der Waals surface area contributed by atoms with Gasteiger partial charge in [0.2, 0.25) is 5.91 Å². The number of carbonyl (C=O) groups excluding carboxylic acids is 1. The van der Waals surface area contributed by atoms with Crippen molar-refractivity contribution in [2.75, 3.05) is 19.6 Å². The van der Waals surface area contributed by atoms with Crippen LogP contribution in [-0.4, -0.2) is 41.5 Å². The molecule has 0 spiro atoms. The summed E-state index contributed by atoms with van der Waals surface area (Å²) in [5, 5.41) is 16.6. The van der Waals surface area contributed by atoms with E-state index < -0.39 is 5.41 Å². The summed E-state index contributed by atoms with van der Waals surface area (Å²) in [4.78, 5) is 20.1. The van der Waals surface area contributed by atoms with E-state index in [1.165, 1.54) is 40.5 Å². The van der Waals surface area contributed by atoms with Crippen LogP contribution in [-0.2, 0) is 16.6 Å². The summed E-state index contributed by atoms with van der Waals surface area (Å²) in [6, 6.07) is 17.6. The number of amides is 1.